The molecule has 4 rings (SSSR count). The third-order valence-corrected chi connectivity index (χ3v) is 8.23. The summed E-state index contributed by atoms with van der Waals surface area (Å²) < 4.78 is 28.0. The highest BCUT2D eigenvalue weighted by Gasteiger charge is 2.32. The molecule has 0 saturated carbocycles. The molecule has 3 aromatic rings. The Labute approximate surface area is 195 Å². The molecule has 1 aromatic carbocycles. The molecule has 1 fully saturated rings. The molecule has 174 valence electrons. The summed E-state index contributed by atoms with van der Waals surface area (Å²) in [6, 6.07) is 7.08. The number of nitrogens with one attached hydrogen (secondary N) is 2. The van der Waals surface area contributed by atoms with Crippen molar-refractivity contribution in [2.75, 3.05) is 38.0 Å². The standard InChI is InChI=1S/C21H24N6O4S2/c1-3-22-21(29)25-19-18(16-6-4-5-7-17(16)32-19)20(28)26-8-10-27(11-9-26)33(30,31)15-12-23-14(2)24-13-15/h4-7,12-13H,3,8-11H2,1-2H3,(H2,22,25,29). The minimum Gasteiger partial charge on any atom is -0.338 e. The molecule has 1 aliphatic rings. The van der Waals surface area contributed by atoms with E-state index in [4.69, 9.17) is 0 Å². The molecule has 0 radical (unpaired) electrons. The highest BCUT2D eigenvalue weighted by molar-refractivity contribution is 7.89. The maximum Gasteiger partial charge on any atom is 0.319 e. The molecule has 0 aliphatic carbocycles. The number of rotatable bonds is 5. The lowest BCUT2D eigenvalue weighted by Gasteiger charge is -2.34. The van der Waals surface area contributed by atoms with Crippen molar-refractivity contribution in [3.05, 3.63) is 48.0 Å². The van der Waals surface area contributed by atoms with Gasteiger partial charge in [-0.05, 0) is 19.9 Å². The predicted molar refractivity (Wildman–Crippen MR) is 126 cm³/mol. The number of amides is 3. The van der Waals surface area contributed by atoms with Gasteiger partial charge in [0.05, 0.1) is 18.0 Å². The molecule has 2 aromatic heterocycles. The van der Waals surface area contributed by atoms with Gasteiger partial charge in [-0.25, -0.2) is 23.2 Å². The van der Waals surface area contributed by atoms with Gasteiger partial charge in [-0.15, -0.1) is 11.3 Å². The second-order valence-electron chi connectivity index (χ2n) is 7.45. The van der Waals surface area contributed by atoms with Crippen LogP contribution in [0.5, 0.6) is 0 Å². The van der Waals surface area contributed by atoms with Crippen molar-refractivity contribution < 1.29 is 18.0 Å². The number of benzene rings is 1. The molecule has 0 spiro atoms. The summed E-state index contributed by atoms with van der Waals surface area (Å²) in [6.45, 7) is 4.73. The molecular weight excluding hydrogens is 464 g/mol. The summed E-state index contributed by atoms with van der Waals surface area (Å²) in [4.78, 5) is 35.2. The molecule has 1 saturated heterocycles. The van der Waals surface area contributed by atoms with E-state index in [1.54, 1.807) is 11.8 Å². The van der Waals surface area contributed by atoms with Gasteiger partial charge in [-0.3, -0.25) is 10.1 Å². The smallest absolute Gasteiger partial charge is 0.319 e. The minimum atomic E-state index is -3.74. The Morgan fingerprint density at radius 1 is 1.09 bits per heavy atom. The van der Waals surface area contributed by atoms with E-state index in [2.05, 4.69) is 20.6 Å². The van der Waals surface area contributed by atoms with E-state index < -0.39 is 10.0 Å². The van der Waals surface area contributed by atoms with Gasteiger partial charge in [-0.2, -0.15) is 4.31 Å². The maximum absolute atomic E-state index is 13.5. The third kappa shape index (κ3) is 4.68. The summed E-state index contributed by atoms with van der Waals surface area (Å²) in [5.74, 6) is 0.249. The number of carbonyl (C=O) groups excluding carboxylic acids is 2. The molecular formula is C21H24N6O4S2. The molecule has 12 heteroatoms. The number of nitrogens with zero attached hydrogens (tertiary/aromatic N) is 4. The lowest BCUT2D eigenvalue weighted by atomic mass is 10.1. The summed E-state index contributed by atoms with van der Waals surface area (Å²) in [7, 11) is -3.74. The molecule has 3 amide bonds. The Bertz CT molecular complexity index is 1280. The number of anilines is 1. The topological polar surface area (TPSA) is 125 Å². The van der Waals surface area contributed by atoms with Crippen LogP contribution in [0.4, 0.5) is 9.80 Å². The van der Waals surface area contributed by atoms with Crippen LogP contribution < -0.4 is 10.6 Å². The SMILES string of the molecule is CCNC(=O)Nc1sc2ccccc2c1C(=O)N1CCN(S(=O)(=O)c2cnc(C)nc2)CC1. The highest BCUT2D eigenvalue weighted by atomic mass is 32.2. The number of urea groups is 1. The van der Waals surface area contributed by atoms with Gasteiger partial charge in [-0.1, -0.05) is 18.2 Å². The number of thiophene rings is 1. The van der Waals surface area contributed by atoms with Gasteiger partial charge in [0, 0.05) is 42.8 Å². The zero-order valence-electron chi connectivity index (χ0n) is 18.2. The lowest BCUT2D eigenvalue weighted by molar-refractivity contribution is 0.0701. The second kappa shape index (κ2) is 9.41. The van der Waals surface area contributed by atoms with Crippen molar-refractivity contribution in [1.29, 1.82) is 0 Å². The molecule has 10 nitrogen and oxygen atoms in total. The number of aromatic nitrogens is 2. The van der Waals surface area contributed by atoms with Gasteiger partial charge in [0.1, 0.15) is 15.7 Å². The molecule has 0 bridgehead atoms. The summed E-state index contributed by atoms with van der Waals surface area (Å²) >= 11 is 1.33. The van der Waals surface area contributed by atoms with E-state index in [9.17, 15) is 18.0 Å². The Hall–Kier alpha value is -3.09. The first-order valence-electron chi connectivity index (χ1n) is 10.5. The zero-order chi connectivity index (χ0) is 23.6. The molecule has 0 atom stereocenters. The number of fused-ring (bicyclic) bond motifs is 1. The van der Waals surface area contributed by atoms with Crippen LogP contribution in [0.25, 0.3) is 10.1 Å². The van der Waals surface area contributed by atoms with E-state index in [-0.39, 0.29) is 43.0 Å². The first kappa shape index (κ1) is 23.1. The average Bonchev–Trinajstić information content (AvgIpc) is 3.16. The number of hydrogen-bond acceptors (Lipinski definition) is 7. The van der Waals surface area contributed by atoms with Crippen molar-refractivity contribution in [2.45, 2.75) is 18.7 Å². The molecule has 33 heavy (non-hydrogen) atoms. The Morgan fingerprint density at radius 2 is 1.76 bits per heavy atom. The number of hydrogen-bond donors (Lipinski definition) is 2. The van der Waals surface area contributed by atoms with Crippen molar-refractivity contribution in [3.63, 3.8) is 0 Å². The van der Waals surface area contributed by atoms with Gasteiger partial charge in [0.25, 0.3) is 5.91 Å². The minimum absolute atomic E-state index is 0.0325. The molecule has 1 aliphatic heterocycles. The fourth-order valence-electron chi connectivity index (χ4n) is 3.61. The normalized spacial score (nSPS) is 14.9. The summed E-state index contributed by atoms with van der Waals surface area (Å²) in [6.07, 6.45) is 2.60. The van der Waals surface area contributed by atoms with E-state index >= 15 is 0 Å². The Kier molecular flexibility index (Phi) is 6.58. The van der Waals surface area contributed by atoms with Gasteiger partial charge < -0.3 is 10.2 Å². The second-order valence-corrected chi connectivity index (χ2v) is 10.4. The maximum atomic E-state index is 13.5. The van der Waals surface area contributed by atoms with Crippen LogP contribution >= 0.6 is 11.3 Å². The fraction of sp³-hybridized carbons (Fsp3) is 0.333. The van der Waals surface area contributed by atoms with Crippen molar-refractivity contribution in [2.24, 2.45) is 0 Å². The van der Waals surface area contributed by atoms with Crippen LogP contribution in [0.3, 0.4) is 0 Å². The van der Waals surface area contributed by atoms with Crippen molar-refractivity contribution >= 4 is 48.4 Å². The van der Waals surface area contributed by atoms with E-state index in [1.807, 2.05) is 31.2 Å². The number of sulfonamides is 1. The number of aryl methyl sites for hydroxylation is 1. The van der Waals surface area contributed by atoms with Crippen molar-refractivity contribution in [1.82, 2.24) is 24.5 Å². The first-order chi connectivity index (χ1) is 15.8. The Morgan fingerprint density at radius 3 is 2.42 bits per heavy atom. The predicted octanol–water partition coefficient (Wildman–Crippen LogP) is 2.29. The molecule has 3 heterocycles. The van der Waals surface area contributed by atoms with Gasteiger partial charge in [0.15, 0.2) is 0 Å². The zero-order valence-corrected chi connectivity index (χ0v) is 19.9. The van der Waals surface area contributed by atoms with E-state index in [0.717, 1.165) is 10.1 Å². The van der Waals surface area contributed by atoms with E-state index in [1.165, 1.54) is 28.0 Å². The number of carbonyl (C=O) groups is 2. The van der Waals surface area contributed by atoms with Crippen molar-refractivity contribution in [3.8, 4) is 0 Å². The largest absolute Gasteiger partial charge is 0.338 e. The van der Waals surface area contributed by atoms with Crippen LogP contribution in [-0.4, -0.2) is 72.3 Å². The van der Waals surface area contributed by atoms with E-state index in [0.29, 0.717) is 22.9 Å². The third-order valence-electron chi connectivity index (χ3n) is 5.29. The lowest BCUT2D eigenvalue weighted by Crippen LogP contribution is -2.50. The quantitative estimate of drug-likeness (QED) is 0.568. The van der Waals surface area contributed by atoms with Gasteiger partial charge >= 0.3 is 6.03 Å². The van der Waals surface area contributed by atoms with Crippen LogP contribution in [-0.2, 0) is 10.0 Å². The number of piperazine rings is 1. The monoisotopic (exact) mass is 488 g/mol. The molecule has 0 unspecified atom stereocenters. The molecule has 2 N–H and O–H groups in total. The van der Waals surface area contributed by atoms with Crippen LogP contribution in [0.15, 0.2) is 41.6 Å². The summed E-state index contributed by atoms with van der Waals surface area (Å²) in [5.41, 5.74) is 0.421. The fourth-order valence-corrected chi connectivity index (χ4v) is 6.01. The van der Waals surface area contributed by atoms with Crippen LogP contribution in [0, 0.1) is 6.92 Å². The summed E-state index contributed by atoms with van der Waals surface area (Å²) in [5, 5.41) is 6.68. The average molecular weight is 489 g/mol. The first-order valence-corrected chi connectivity index (χ1v) is 12.7. The van der Waals surface area contributed by atoms with Crippen LogP contribution in [0.2, 0.25) is 0 Å². The van der Waals surface area contributed by atoms with Gasteiger partial charge in [0.2, 0.25) is 10.0 Å². The van der Waals surface area contributed by atoms with Crippen LogP contribution in [0.1, 0.15) is 23.1 Å². The highest BCUT2D eigenvalue weighted by Crippen LogP contribution is 2.36. The Balaban J connectivity index is 1.54.